The zero-order valence-electron chi connectivity index (χ0n) is 20.5. The number of esters is 1. The third-order valence-electron chi connectivity index (χ3n) is 7.99. The Bertz CT molecular complexity index is 1100. The number of aromatic nitrogens is 1. The van der Waals surface area contributed by atoms with Gasteiger partial charge in [0.2, 0.25) is 5.91 Å². The lowest BCUT2D eigenvalue weighted by Gasteiger charge is -2.58. The number of primary amides is 1. The maximum absolute atomic E-state index is 13.3. The summed E-state index contributed by atoms with van der Waals surface area (Å²) < 4.78 is 21.5. The number of nitrogens with zero attached hydrogens (tertiary/aromatic N) is 1. The number of benzene rings is 1. The first-order valence-corrected chi connectivity index (χ1v) is 12.5. The normalized spacial score (nSPS) is 29.1. The monoisotopic (exact) mass is 485 g/mol. The lowest BCUT2D eigenvalue weighted by atomic mass is 9.56. The van der Waals surface area contributed by atoms with E-state index >= 15 is 0 Å². The maximum atomic E-state index is 13.3. The summed E-state index contributed by atoms with van der Waals surface area (Å²) in [6.07, 6.45) is 3.51. The highest BCUT2D eigenvalue weighted by Crippen LogP contribution is 2.54. The number of amides is 1. The van der Waals surface area contributed by atoms with Crippen molar-refractivity contribution in [1.29, 1.82) is 0 Å². The van der Waals surface area contributed by atoms with Crippen molar-refractivity contribution < 1.29 is 28.5 Å². The number of ether oxygens (including phenoxy) is 4. The molecule has 1 saturated carbocycles. The number of nitrogens with one attached hydrogen (secondary N) is 1. The molecule has 2 saturated heterocycles. The molecule has 5 atom stereocenters. The highest BCUT2D eigenvalue weighted by atomic mass is 16.7. The van der Waals surface area contributed by atoms with Crippen molar-refractivity contribution in [2.75, 3.05) is 46.8 Å². The summed E-state index contributed by atoms with van der Waals surface area (Å²) in [5.41, 5.74) is 8.50. The zero-order chi connectivity index (χ0) is 24.6. The van der Waals surface area contributed by atoms with Gasteiger partial charge >= 0.3 is 5.97 Å². The number of hydrogen-bond acceptors (Lipinski definition) is 7. The number of rotatable bonds is 10. The molecular weight excluding hydrogens is 450 g/mol. The average molecular weight is 486 g/mol. The van der Waals surface area contributed by atoms with E-state index in [1.165, 1.54) is 6.92 Å². The van der Waals surface area contributed by atoms with Crippen molar-refractivity contribution in [3.63, 3.8) is 0 Å². The molecule has 9 nitrogen and oxygen atoms in total. The van der Waals surface area contributed by atoms with E-state index in [4.69, 9.17) is 24.7 Å². The fourth-order valence-corrected chi connectivity index (χ4v) is 6.84. The van der Waals surface area contributed by atoms with Crippen molar-refractivity contribution in [1.82, 2.24) is 9.88 Å². The number of methoxy groups -OCH3 is 1. The minimum atomic E-state index is -0.771. The minimum Gasteiger partial charge on any atom is -0.427 e. The molecule has 4 heterocycles. The van der Waals surface area contributed by atoms with E-state index in [0.29, 0.717) is 37.4 Å². The number of carbonyl (C=O) groups excluding carboxylic acids is 2. The SMILES string of the molecule is COCCOCOCCC1CC2CN3CCc4c([nH]c5ccc(OC(C)=O)cc45)C(C(N)=O)(C2)C13. The molecule has 1 aromatic heterocycles. The molecule has 4 bridgehead atoms. The second kappa shape index (κ2) is 9.89. The van der Waals surface area contributed by atoms with Gasteiger partial charge in [0.05, 0.1) is 13.2 Å². The average Bonchev–Trinajstić information content (AvgIpc) is 3.15. The second-order valence-electron chi connectivity index (χ2n) is 10.1. The highest BCUT2D eigenvalue weighted by molar-refractivity contribution is 5.94. The van der Waals surface area contributed by atoms with Crippen molar-refractivity contribution in [2.45, 2.75) is 44.1 Å². The molecular formula is C26H35N3O6. The Morgan fingerprint density at radius 1 is 1.23 bits per heavy atom. The van der Waals surface area contributed by atoms with Gasteiger partial charge in [-0.05, 0) is 61.3 Å². The van der Waals surface area contributed by atoms with Crippen LogP contribution in [0.2, 0.25) is 0 Å². The minimum absolute atomic E-state index is 0.0327. The molecule has 1 amide bonds. The zero-order valence-corrected chi connectivity index (χ0v) is 20.5. The van der Waals surface area contributed by atoms with E-state index < -0.39 is 5.41 Å². The number of nitrogens with two attached hydrogens (primary N) is 1. The molecule has 6 rings (SSSR count). The summed E-state index contributed by atoms with van der Waals surface area (Å²) in [6, 6.07) is 5.64. The predicted molar refractivity (Wildman–Crippen MR) is 129 cm³/mol. The molecule has 1 aromatic carbocycles. The van der Waals surface area contributed by atoms with Gasteiger partial charge in [-0.1, -0.05) is 0 Å². The van der Waals surface area contributed by atoms with E-state index in [-0.39, 0.29) is 24.7 Å². The van der Waals surface area contributed by atoms with Crippen molar-refractivity contribution in [2.24, 2.45) is 17.6 Å². The smallest absolute Gasteiger partial charge is 0.308 e. The van der Waals surface area contributed by atoms with Gasteiger partial charge in [0.1, 0.15) is 18.0 Å². The van der Waals surface area contributed by atoms with Crippen LogP contribution in [0, 0.1) is 11.8 Å². The Kier molecular flexibility index (Phi) is 6.85. The Balaban J connectivity index is 1.44. The maximum Gasteiger partial charge on any atom is 0.308 e. The van der Waals surface area contributed by atoms with E-state index in [1.807, 2.05) is 12.1 Å². The highest BCUT2D eigenvalue weighted by Gasteiger charge is 2.61. The van der Waals surface area contributed by atoms with Gasteiger partial charge < -0.3 is 29.7 Å². The van der Waals surface area contributed by atoms with Gasteiger partial charge in [-0.3, -0.25) is 14.5 Å². The van der Waals surface area contributed by atoms with E-state index in [0.717, 1.165) is 60.9 Å². The molecule has 0 radical (unpaired) electrons. The van der Waals surface area contributed by atoms with E-state index in [9.17, 15) is 9.59 Å². The molecule has 35 heavy (non-hydrogen) atoms. The van der Waals surface area contributed by atoms with Crippen LogP contribution in [0.25, 0.3) is 10.9 Å². The molecule has 4 aliphatic rings. The molecule has 0 spiro atoms. The Morgan fingerprint density at radius 2 is 2.06 bits per heavy atom. The number of fused-ring (bicyclic) bond motifs is 4. The van der Waals surface area contributed by atoms with E-state index in [2.05, 4.69) is 9.88 Å². The summed E-state index contributed by atoms with van der Waals surface area (Å²) in [5.74, 6) is 0.609. The largest absolute Gasteiger partial charge is 0.427 e. The van der Waals surface area contributed by atoms with Crippen molar-refractivity contribution in [3.8, 4) is 5.75 Å². The van der Waals surface area contributed by atoms with Crippen LogP contribution in [0.3, 0.4) is 0 Å². The second-order valence-corrected chi connectivity index (χ2v) is 10.1. The molecule has 190 valence electrons. The molecule has 3 aliphatic heterocycles. The number of carbonyl (C=O) groups is 2. The fraction of sp³-hybridized carbons (Fsp3) is 0.615. The molecule has 3 fully saturated rings. The topological polar surface area (TPSA) is 116 Å². The first kappa shape index (κ1) is 24.2. The first-order valence-electron chi connectivity index (χ1n) is 12.5. The third kappa shape index (κ3) is 4.35. The Morgan fingerprint density at radius 3 is 2.83 bits per heavy atom. The molecule has 5 unspecified atom stereocenters. The number of piperidine rings is 2. The third-order valence-corrected chi connectivity index (χ3v) is 7.99. The van der Waals surface area contributed by atoms with Gasteiger partial charge in [-0.25, -0.2) is 0 Å². The Hall–Kier alpha value is -2.46. The van der Waals surface area contributed by atoms with Gasteiger partial charge in [0, 0.05) is 56.4 Å². The predicted octanol–water partition coefficient (Wildman–Crippen LogP) is 2.11. The molecule has 2 aromatic rings. The standard InChI is InChI=1S/C26H35N3O6/c1-16(30)35-19-3-4-22-21(12-19)20-5-7-29-14-17-11-18(6-8-33-15-34-10-9-32-2)24(29)26(13-17,25(27)31)23(20)28-22/h3-4,12,17-18,24,28H,5-11,13-15H2,1-2H3,(H2,27,31). The summed E-state index contributed by atoms with van der Waals surface area (Å²) >= 11 is 0. The fourth-order valence-electron chi connectivity index (χ4n) is 6.84. The lowest BCUT2D eigenvalue weighted by Crippen LogP contribution is -2.68. The van der Waals surface area contributed by atoms with Gasteiger partial charge in [0.25, 0.3) is 0 Å². The molecule has 3 N–H and O–H groups in total. The number of hydrogen-bond donors (Lipinski definition) is 2. The van der Waals surface area contributed by atoms with Crippen LogP contribution < -0.4 is 10.5 Å². The summed E-state index contributed by atoms with van der Waals surface area (Å²) in [6.45, 7) is 5.13. The van der Waals surface area contributed by atoms with E-state index in [1.54, 1.807) is 13.2 Å². The van der Waals surface area contributed by atoms with Crippen LogP contribution in [0.15, 0.2) is 18.2 Å². The molecule has 9 heteroatoms. The van der Waals surface area contributed by atoms with Crippen molar-refractivity contribution >= 4 is 22.8 Å². The quantitative estimate of drug-likeness (QED) is 0.229. The van der Waals surface area contributed by atoms with Crippen LogP contribution in [0.4, 0.5) is 0 Å². The van der Waals surface area contributed by atoms with Crippen molar-refractivity contribution in [3.05, 3.63) is 29.5 Å². The lowest BCUT2D eigenvalue weighted by molar-refractivity contribution is -0.139. The van der Waals surface area contributed by atoms with Gasteiger partial charge in [-0.15, -0.1) is 0 Å². The summed E-state index contributed by atoms with van der Waals surface area (Å²) in [7, 11) is 1.64. The van der Waals surface area contributed by atoms with Crippen LogP contribution in [0.1, 0.15) is 37.4 Å². The summed E-state index contributed by atoms with van der Waals surface area (Å²) in [4.78, 5) is 30.9. The van der Waals surface area contributed by atoms with Gasteiger partial charge in [-0.2, -0.15) is 0 Å². The van der Waals surface area contributed by atoms with Crippen LogP contribution in [-0.4, -0.2) is 74.6 Å². The first-order chi connectivity index (χ1) is 16.9. The van der Waals surface area contributed by atoms with Crippen LogP contribution in [0.5, 0.6) is 5.75 Å². The van der Waals surface area contributed by atoms with Crippen LogP contribution in [-0.2, 0) is 35.6 Å². The number of aromatic amines is 1. The molecule has 1 aliphatic carbocycles. The van der Waals surface area contributed by atoms with Crippen LogP contribution >= 0.6 is 0 Å². The summed E-state index contributed by atoms with van der Waals surface area (Å²) in [5, 5.41) is 0.997. The number of H-pyrrole nitrogens is 1. The van der Waals surface area contributed by atoms with Gasteiger partial charge in [0.15, 0.2) is 0 Å². The Labute approximate surface area is 205 Å².